The summed E-state index contributed by atoms with van der Waals surface area (Å²) >= 11 is 12.3. The molecular formula is C24H18Cl2N4O2. The average Bonchev–Trinajstić information content (AvgIpc) is 3.16. The monoisotopic (exact) mass is 464 g/mol. The van der Waals surface area contributed by atoms with Crippen molar-refractivity contribution in [2.45, 2.75) is 18.9 Å². The average molecular weight is 465 g/mol. The van der Waals surface area contributed by atoms with Gasteiger partial charge in [0, 0.05) is 22.2 Å². The molecule has 4 rings (SSSR count). The van der Waals surface area contributed by atoms with E-state index < -0.39 is 11.3 Å². The smallest absolute Gasteiger partial charge is 0.249 e. The van der Waals surface area contributed by atoms with Crippen LogP contribution in [-0.2, 0) is 12.0 Å². The number of nitrogens with two attached hydrogens (primary N) is 1. The molecule has 1 amide bonds. The number of carbonyl (C=O) groups is 1. The lowest BCUT2D eigenvalue weighted by atomic mass is 9.80. The maximum atomic E-state index is 12.1. The number of benzene rings is 3. The second kappa shape index (κ2) is 8.54. The van der Waals surface area contributed by atoms with Gasteiger partial charge in [-0.3, -0.25) is 9.48 Å². The molecule has 0 radical (unpaired) electrons. The highest BCUT2D eigenvalue weighted by molar-refractivity contribution is 6.38. The molecule has 32 heavy (non-hydrogen) atoms. The molecular weight excluding hydrogens is 447 g/mol. The molecule has 160 valence electrons. The zero-order chi connectivity index (χ0) is 22.9. The van der Waals surface area contributed by atoms with Gasteiger partial charge in [0.05, 0.1) is 23.1 Å². The molecule has 0 saturated carbocycles. The van der Waals surface area contributed by atoms with Gasteiger partial charge >= 0.3 is 0 Å². The molecule has 0 bridgehead atoms. The van der Waals surface area contributed by atoms with Gasteiger partial charge in [0.2, 0.25) is 5.91 Å². The number of ether oxygens (including phenoxy) is 1. The van der Waals surface area contributed by atoms with E-state index in [1.54, 1.807) is 48.1 Å². The van der Waals surface area contributed by atoms with E-state index in [1.165, 1.54) is 0 Å². The fourth-order valence-electron chi connectivity index (χ4n) is 3.58. The third-order valence-electron chi connectivity index (χ3n) is 5.13. The van der Waals surface area contributed by atoms with Crippen molar-refractivity contribution in [3.8, 4) is 17.6 Å². The lowest BCUT2D eigenvalue weighted by Crippen LogP contribution is -2.30. The predicted molar refractivity (Wildman–Crippen MR) is 124 cm³/mol. The van der Waals surface area contributed by atoms with Crippen LogP contribution in [0.15, 0.2) is 66.9 Å². The first kappa shape index (κ1) is 21.7. The lowest BCUT2D eigenvalue weighted by molar-refractivity contribution is 0.0998. The summed E-state index contributed by atoms with van der Waals surface area (Å²) < 4.78 is 7.52. The number of primary amides is 1. The summed E-state index contributed by atoms with van der Waals surface area (Å²) in [6.07, 6.45) is 1.76. The van der Waals surface area contributed by atoms with Crippen molar-refractivity contribution < 1.29 is 9.53 Å². The largest absolute Gasteiger partial charge is 0.457 e. The van der Waals surface area contributed by atoms with E-state index in [1.807, 2.05) is 30.3 Å². The van der Waals surface area contributed by atoms with E-state index in [0.29, 0.717) is 32.6 Å². The molecule has 2 N–H and O–H groups in total. The van der Waals surface area contributed by atoms with E-state index in [-0.39, 0.29) is 12.1 Å². The fraction of sp³-hybridized carbons (Fsp3) is 0.125. The number of hydrogen-bond acceptors (Lipinski definition) is 4. The number of para-hydroxylation sites is 1. The Morgan fingerprint density at radius 3 is 2.59 bits per heavy atom. The van der Waals surface area contributed by atoms with Gasteiger partial charge in [0.15, 0.2) is 0 Å². The minimum Gasteiger partial charge on any atom is -0.457 e. The second-order valence-corrected chi connectivity index (χ2v) is 8.43. The molecule has 1 atom stereocenters. The molecule has 1 unspecified atom stereocenters. The SMILES string of the molecule is CC(C#N)(Cn1cc2cc(Cl)cc(Cl)c2n1)c1cc(Oc2ccccc2)ccc1C(N)=O. The van der Waals surface area contributed by atoms with E-state index in [4.69, 9.17) is 33.7 Å². The minimum atomic E-state index is -1.14. The van der Waals surface area contributed by atoms with E-state index in [9.17, 15) is 10.1 Å². The molecule has 0 saturated heterocycles. The Hall–Kier alpha value is -3.53. The summed E-state index contributed by atoms with van der Waals surface area (Å²) in [7, 11) is 0. The molecule has 3 aromatic carbocycles. The van der Waals surface area contributed by atoms with Crippen molar-refractivity contribution in [3.05, 3.63) is 88.0 Å². The van der Waals surface area contributed by atoms with Crippen LogP contribution < -0.4 is 10.5 Å². The Bertz CT molecular complexity index is 1360. The predicted octanol–water partition coefficient (Wildman–Crippen LogP) is 5.72. The van der Waals surface area contributed by atoms with Crippen LogP contribution in [0.3, 0.4) is 0 Å². The first-order valence-electron chi connectivity index (χ1n) is 9.70. The Morgan fingerprint density at radius 2 is 1.91 bits per heavy atom. The zero-order valence-electron chi connectivity index (χ0n) is 17.0. The molecule has 1 aromatic heterocycles. The number of nitriles is 1. The number of fused-ring (bicyclic) bond motifs is 1. The summed E-state index contributed by atoms with van der Waals surface area (Å²) in [6.45, 7) is 1.88. The van der Waals surface area contributed by atoms with Gasteiger partial charge in [0.25, 0.3) is 0 Å². The van der Waals surface area contributed by atoms with Crippen LogP contribution in [0.4, 0.5) is 0 Å². The molecule has 0 fully saturated rings. The molecule has 0 aliphatic rings. The maximum Gasteiger partial charge on any atom is 0.249 e. The van der Waals surface area contributed by atoms with Gasteiger partial charge in [-0.25, -0.2) is 0 Å². The summed E-state index contributed by atoms with van der Waals surface area (Å²) in [4.78, 5) is 12.1. The fourth-order valence-corrected chi connectivity index (χ4v) is 4.12. The number of halogens is 2. The second-order valence-electron chi connectivity index (χ2n) is 7.58. The van der Waals surface area contributed by atoms with Gasteiger partial charge in [-0.05, 0) is 55.0 Å². The van der Waals surface area contributed by atoms with Crippen molar-refractivity contribution >= 4 is 40.0 Å². The van der Waals surface area contributed by atoms with Crippen LogP contribution >= 0.6 is 23.2 Å². The molecule has 8 heteroatoms. The van der Waals surface area contributed by atoms with Gasteiger partial charge in [0.1, 0.15) is 17.0 Å². The standard InChI is InChI=1S/C24H18Cl2N4O2/c1-24(13-27,14-30-12-15-9-16(25)10-21(26)22(15)29-30)20-11-18(7-8-19(20)23(28)31)32-17-5-3-2-4-6-17/h2-12H,14H2,1H3,(H2,28,31). The molecule has 0 aliphatic carbocycles. The Labute approximate surface area is 194 Å². The van der Waals surface area contributed by atoms with Crippen molar-refractivity contribution in [1.29, 1.82) is 5.26 Å². The van der Waals surface area contributed by atoms with Crippen LogP contribution in [0.5, 0.6) is 11.5 Å². The van der Waals surface area contributed by atoms with Gasteiger partial charge in [-0.2, -0.15) is 10.4 Å². The first-order chi connectivity index (χ1) is 15.3. The summed E-state index contributed by atoms with van der Waals surface area (Å²) in [6, 6.07) is 19.8. The Kier molecular flexibility index (Phi) is 5.79. The Morgan fingerprint density at radius 1 is 1.16 bits per heavy atom. The number of hydrogen-bond donors (Lipinski definition) is 1. The van der Waals surface area contributed by atoms with Gasteiger partial charge in [-0.15, -0.1) is 0 Å². The number of nitrogens with zero attached hydrogens (tertiary/aromatic N) is 3. The normalized spacial score (nSPS) is 12.8. The van der Waals surface area contributed by atoms with Crippen LogP contribution in [0.25, 0.3) is 10.9 Å². The third kappa shape index (κ3) is 4.26. The molecule has 1 heterocycles. The third-order valence-corrected chi connectivity index (χ3v) is 5.64. The van der Waals surface area contributed by atoms with Crippen molar-refractivity contribution in [2.24, 2.45) is 5.73 Å². The van der Waals surface area contributed by atoms with E-state index in [0.717, 1.165) is 5.39 Å². The highest BCUT2D eigenvalue weighted by Crippen LogP contribution is 2.34. The summed E-state index contributed by atoms with van der Waals surface area (Å²) in [5, 5.41) is 16.3. The highest BCUT2D eigenvalue weighted by atomic mass is 35.5. The number of aromatic nitrogens is 2. The van der Waals surface area contributed by atoms with Crippen molar-refractivity contribution in [1.82, 2.24) is 9.78 Å². The molecule has 0 spiro atoms. The highest BCUT2D eigenvalue weighted by Gasteiger charge is 2.32. The number of carbonyl (C=O) groups excluding carboxylic acids is 1. The van der Waals surface area contributed by atoms with Crippen LogP contribution in [0, 0.1) is 11.3 Å². The molecule has 6 nitrogen and oxygen atoms in total. The summed E-state index contributed by atoms with van der Waals surface area (Å²) in [5.74, 6) is 0.486. The van der Waals surface area contributed by atoms with E-state index in [2.05, 4.69) is 11.2 Å². The quantitative estimate of drug-likeness (QED) is 0.394. The summed E-state index contributed by atoms with van der Waals surface area (Å²) in [5.41, 5.74) is 5.74. The van der Waals surface area contributed by atoms with Gasteiger partial charge in [-0.1, -0.05) is 41.4 Å². The molecule has 0 aliphatic heterocycles. The van der Waals surface area contributed by atoms with Crippen molar-refractivity contribution in [3.63, 3.8) is 0 Å². The lowest BCUT2D eigenvalue weighted by Gasteiger charge is -2.25. The van der Waals surface area contributed by atoms with Crippen molar-refractivity contribution in [2.75, 3.05) is 0 Å². The number of rotatable bonds is 6. The van der Waals surface area contributed by atoms with Crippen LogP contribution in [-0.4, -0.2) is 15.7 Å². The molecule has 4 aromatic rings. The van der Waals surface area contributed by atoms with E-state index >= 15 is 0 Å². The first-order valence-corrected chi connectivity index (χ1v) is 10.5. The Balaban J connectivity index is 1.76. The van der Waals surface area contributed by atoms with Crippen LogP contribution in [0.2, 0.25) is 10.0 Å². The van der Waals surface area contributed by atoms with Crippen LogP contribution in [0.1, 0.15) is 22.8 Å². The topological polar surface area (TPSA) is 93.9 Å². The van der Waals surface area contributed by atoms with Gasteiger partial charge < -0.3 is 10.5 Å². The maximum absolute atomic E-state index is 12.1. The number of amides is 1. The zero-order valence-corrected chi connectivity index (χ0v) is 18.6. The minimum absolute atomic E-state index is 0.154.